The van der Waals surface area contributed by atoms with Gasteiger partial charge in [-0.1, -0.05) is 13.8 Å². The van der Waals surface area contributed by atoms with E-state index in [0.717, 1.165) is 13.0 Å². The summed E-state index contributed by atoms with van der Waals surface area (Å²) in [4.78, 5) is 12.7. The summed E-state index contributed by atoms with van der Waals surface area (Å²) < 4.78 is 0. The van der Waals surface area contributed by atoms with Crippen molar-refractivity contribution in [2.45, 2.75) is 26.3 Å². The van der Waals surface area contributed by atoms with Gasteiger partial charge in [0.25, 0.3) is 0 Å². The SMILES string of the molecule is CC(C)CN(C)C1CC1C(=O)O. The summed E-state index contributed by atoms with van der Waals surface area (Å²) in [5, 5.41) is 8.68. The van der Waals surface area contributed by atoms with Gasteiger partial charge in [0, 0.05) is 12.6 Å². The maximum absolute atomic E-state index is 10.5. The lowest BCUT2D eigenvalue weighted by Gasteiger charge is -2.18. The molecular formula is C9H17NO2. The van der Waals surface area contributed by atoms with E-state index in [2.05, 4.69) is 18.7 Å². The van der Waals surface area contributed by atoms with Gasteiger partial charge in [0.2, 0.25) is 0 Å². The molecular weight excluding hydrogens is 154 g/mol. The highest BCUT2D eigenvalue weighted by atomic mass is 16.4. The topological polar surface area (TPSA) is 40.5 Å². The highest BCUT2D eigenvalue weighted by Gasteiger charge is 2.45. The molecule has 0 aromatic carbocycles. The quantitative estimate of drug-likeness (QED) is 0.687. The van der Waals surface area contributed by atoms with Gasteiger partial charge in [-0.05, 0) is 19.4 Å². The van der Waals surface area contributed by atoms with E-state index in [4.69, 9.17) is 5.11 Å². The molecule has 2 atom stereocenters. The van der Waals surface area contributed by atoms with Gasteiger partial charge in [0.1, 0.15) is 0 Å². The largest absolute Gasteiger partial charge is 0.481 e. The minimum atomic E-state index is -0.643. The standard InChI is InChI=1S/C9H17NO2/c1-6(2)5-10(3)8-4-7(8)9(11)12/h6-8H,4-5H2,1-3H3,(H,11,12). The van der Waals surface area contributed by atoms with Crippen LogP contribution in [0.15, 0.2) is 0 Å². The van der Waals surface area contributed by atoms with Crippen molar-refractivity contribution in [3.63, 3.8) is 0 Å². The number of hydrogen-bond acceptors (Lipinski definition) is 2. The molecule has 70 valence electrons. The molecule has 2 unspecified atom stereocenters. The minimum Gasteiger partial charge on any atom is -0.481 e. The third kappa shape index (κ3) is 2.21. The van der Waals surface area contributed by atoms with Crippen LogP contribution in [0, 0.1) is 11.8 Å². The van der Waals surface area contributed by atoms with Crippen molar-refractivity contribution in [2.24, 2.45) is 11.8 Å². The summed E-state index contributed by atoms with van der Waals surface area (Å²) in [6.07, 6.45) is 0.832. The molecule has 0 spiro atoms. The van der Waals surface area contributed by atoms with Crippen molar-refractivity contribution in [3.8, 4) is 0 Å². The first kappa shape index (κ1) is 9.52. The molecule has 0 saturated heterocycles. The van der Waals surface area contributed by atoms with Crippen LogP contribution in [0.5, 0.6) is 0 Å². The molecule has 0 bridgehead atoms. The first-order valence-electron chi connectivity index (χ1n) is 4.45. The van der Waals surface area contributed by atoms with Crippen LogP contribution >= 0.6 is 0 Å². The van der Waals surface area contributed by atoms with E-state index in [1.165, 1.54) is 0 Å². The van der Waals surface area contributed by atoms with E-state index in [0.29, 0.717) is 12.0 Å². The third-order valence-corrected chi connectivity index (χ3v) is 2.29. The van der Waals surface area contributed by atoms with Gasteiger partial charge in [-0.2, -0.15) is 0 Å². The number of hydrogen-bond donors (Lipinski definition) is 1. The summed E-state index contributed by atoms with van der Waals surface area (Å²) in [6, 6.07) is 0.296. The van der Waals surface area contributed by atoms with Crippen LogP contribution < -0.4 is 0 Å². The Morgan fingerprint density at radius 2 is 2.25 bits per heavy atom. The lowest BCUT2D eigenvalue weighted by atomic mass is 10.2. The third-order valence-electron chi connectivity index (χ3n) is 2.29. The second-order valence-electron chi connectivity index (χ2n) is 4.08. The zero-order chi connectivity index (χ0) is 9.30. The Bertz CT molecular complexity index is 179. The van der Waals surface area contributed by atoms with Gasteiger partial charge < -0.3 is 10.0 Å². The molecule has 12 heavy (non-hydrogen) atoms. The zero-order valence-electron chi connectivity index (χ0n) is 7.95. The molecule has 0 aromatic heterocycles. The molecule has 0 amide bonds. The highest BCUT2D eigenvalue weighted by Crippen LogP contribution is 2.35. The van der Waals surface area contributed by atoms with Gasteiger partial charge >= 0.3 is 5.97 Å². The smallest absolute Gasteiger partial charge is 0.308 e. The fraction of sp³-hybridized carbons (Fsp3) is 0.889. The van der Waals surface area contributed by atoms with Gasteiger partial charge in [-0.25, -0.2) is 0 Å². The predicted octanol–water partition coefficient (Wildman–Crippen LogP) is 1.05. The maximum Gasteiger partial charge on any atom is 0.308 e. The van der Waals surface area contributed by atoms with Crippen LogP contribution in [-0.2, 0) is 4.79 Å². The summed E-state index contributed by atoms with van der Waals surface area (Å²) >= 11 is 0. The molecule has 1 aliphatic rings. The Morgan fingerprint density at radius 1 is 1.67 bits per heavy atom. The van der Waals surface area contributed by atoms with Crippen LogP contribution in [0.2, 0.25) is 0 Å². The fourth-order valence-electron chi connectivity index (χ4n) is 1.65. The van der Waals surface area contributed by atoms with E-state index < -0.39 is 5.97 Å². The normalized spacial score (nSPS) is 28.1. The molecule has 0 aliphatic heterocycles. The summed E-state index contributed by atoms with van der Waals surface area (Å²) in [6.45, 7) is 5.29. The summed E-state index contributed by atoms with van der Waals surface area (Å²) in [5.41, 5.74) is 0. The van der Waals surface area contributed by atoms with E-state index in [1.54, 1.807) is 0 Å². The Hall–Kier alpha value is -0.570. The van der Waals surface area contributed by atoms with Crippen molar-refractivity contribution in [2.75, 3.05) is 13.6 Å². The molecule has 0 aromatic rings. The molecule has 0 heterocycles. The lowest BCUT2D eigenvalue weighted by Crippen LogP contribution is -2.27. The van der Waals surface area contributed by atoms with E-state index in [-0.39, 0.29) is 5.92 Å². The molecule has 1 N–H and O–H groups in total. The van der Waals surface area contributed by atoms with Gasteiger partial charge in [0.15, 0.2) is 0 Å². The van der Waals surface area contributed by atoms with E-state index >= 15 is 0 Å². The number of aliphatic carboxylic acids is 1. The minimum absolute atomic E-state index is 0.103. The van der Waals surface area contributed by atoms with Crippen molar-refractivity contribution in [1.82, 2.24) is 4.90 Å². The Labute approximate surface area is 73.4 Å². The fourth-order valence-corrected chi connectivity index (χ4v) is 1.65. The molecule has 1 rings (SSSR count). The first-order chi connectivity index (χ1) is 5.52. The average molecular weight is 171 g/mol. The van der Waals surface area contributed by atoms with E-state index in [9.17, 15) is 4.79 Å². The molecule has 1 fully saturated rings. The predicted molar refractivity (Wildman–Crippen MR) is 47.0 cm³/mol. The van der Waals surface area contributed by atoms with Crippen molar-refractivity contribution in [1.29, 1.82) is 0 Å². The average Bonchev–Trinajstić information content (AvgIpc) is 2.61. The molecule has 1 aliphatic carbocycles. The van der Waals surface area contributed by atoms with E-state index in [1.807, 2.05) is 7.05 Å². The monoisotopic (exact) mass is 171 g/mol. The number of carboxylic acid groups (broad SMARTS) is 1. The first-order valence-corrected chi connectivity index (χ1v) is 4.45. The van der Waals surface area contributed by atoms with Crippen LogP contribution in [0.3, 0.4) is 0 Å². The van der Waals surface area contributed by atoms with Gasteiger partial charge in [0.05, 0.1) is 5.92 Å². The molecule has 3 nitrogen and oxygen atoms in total. The molecule has 3 heteroatoms. The molecule has 1 saturated carbocycles. The zero-order valence-corrected chi connectivity index (χ0v) is 7.95. The van der Waals surface area contributed by atoms with Crippen LogP contribution in [-0.4, -0.2) is 35.6 Å². The van der Waals surface area contributed by atoms with Crippen LogP contribution in [0.4, 0.5) is 0 Å². The van der Waals surface area contributed by atoms with Gasteiger partial charge in [-0.3, -0.25) is 4.79 Å². The number of nitrogens with zero attached hydrogens (tertiary/aromatic N) is 1. The number of carboxylic acids is 1. The molecule has 0 radical (unpaired) electrons. The number of carbonyl (C=O) groups is 1. The Balaban J connectivity index is 2.28. The Morgan fingerprint density at radius 3 is 2.58 bits per heavy atom. The maximum atomic E-state index is 10.5. The van der Waals surface area contributed by atoms with Crippen LogP contribution in [0.1, 0.15) is 20.3 Å². The second kappa shape index (κ2) is 3.44. The Kier molecular flexibility index (Phi) is 2.73. The lowest BCUT2D eigenvalue weighted by molar-refractivity contribution is -0.138. The van der Waals surface area contributed by atoms with Crippen molar-refractivity contribution < 1.29 is 9.90 Å². The van der Waals surface area contributed by atoms with Crippen molar-refractivity contribution in [3.05, 3.63) is 0 Å². The van der Waals surface area contributed by atoms with Crippen molar-refractivity contribution >= 4 is 5.97 Å². The summed E-state index contributed by atoms with van der Waals surface area (Å²) in [7, 11) is 2.01. The summed E-state index contributed by atoms with van der Waals surface area (Å²) in [5.74, 6) is -0.130. The highest BCUT2D eigenvalue weighted by molar-refractivity contribution is 5.74. The second-order valence-corrected chi connectivity index (χ2v) is 4.08. The van der Waals surface area contributed by atoms with Gasteiger partial charge in [-0.15, -0.1) is 0 Å². The van der Waals surface area contributed by atoms with Crippen LogP contribution in [0.25, 0.3) is 0 Å². The number of rotatable bonds is 4.